The molecular formula is C22H15BrN2O3S. The molecule has 1 heterocycles. The molecule has 0 amide bonds. The number of halogens is 1. The molecular weight excluding hydrogens is 452 g/mol. The molecule has 0 atom stereocenters. The lowest BCUT2D eigenvalue weighted by molar-refractivity contribution is 0.480. The van der Waals surface area contributed by atoms with Gasteiger partial charge in [0.1, 0.15) is 11.5 Å². The van der Waals surface area contributed by atoms with E-state index in [0.717, 1.165) is 5.56 Å². The summed E-state index contributed by atoms with van der Waals surface area (Å²) >= 11 is 3.52. The number of fused-ring (bicyclic) bond motifs is 1. The summed E-state index contributed by atoms with van der Waals surface area (Å²) in [4.78, 5) is 0.227. The number of ether oxygens (including phenoxy) is 1. The fraction of sp³-hybridized carbons (Fsp3) is 0.0455. The molecule has 144 valence electrons. The summed E-state index contributed by atoms with van der Waals surface area (Å²) in [5, 5.41) is 9.74. The van der Waals surface area contributed by atoms with Crippen molar-refractivity contribution in [3.63, 3.8) is 0 Å². The quantitative estimate of drug-likeness (QED) is 0.391. The number of hydrogen-bond donors (Lipinski definition) is 0. The second-order valence-electron chi connectivity index (χ2n) is 6.48. The van der Waals surface area contributed by atoms with Crippen LogP contribution in [0.2, 0.25) is 0 Å². The van der Waals surface area contributed by atoms with Crippen molar-refractivity contribution in [1.82, 2.24) is 3.97 Å². The standard InChI is InChI=1S/C22H15BrN2O3S/c1-15-5-7-18(8-6-15)29(26,27)25-12-11-19-20(25)9-10-21(22(19)23)28-17-4-2-3-16(13-17)14-24/h2-13H,1H3. The molecule has 0 aliphatic carbocycles. The van der Waals surface area contributed by atoms with E-state index in [-0.39, 0.29) is 4.90 Å². The molecule has 0 fully saturated rings. The zero-order chi connectivity index (χ0) is 20.6. The van der Waals surface area contributed by atoms with Gasteiger partial charge in [0.15, 0.2) is 0 Å². The van der Waals surface area contributed by atoms with Gasteiger partial charge in [0.05, 0.1) is 26.5 Å². The van der Waals surface area contributed by atoms with E-state index in [1.54, 1.807) is 66.7 Å². The Labute approximate surface area is 177 Å². The summed E-state index contributed by atoms with van der Waals surface area (Å²) in [7, 11) is -3.72. The summed E-state index contributed by atoms with van der Waals surface area (Å²) < 4.78 is 33.9. The first-order chi connectivity index (χ1) is 13.9. The molecule has 7 heteroatoms. The van der Waals surface area contributed by atoms with E-state index in [0.29, 0.717) is 32.4 Å². The Kier molecular flexibility index (Phi) is 4.91. The summed E-state index contributed by atoms with van der Waals surface area (Å²) in [5.74, 6) is 1.05. The summed E-state index contributed by atoms with van der Waals surface area (Å²) in [6.45, 7) is 1.91. The molecule has 0 aliphatic heterocycles. The maximum atomic E-state index is 13.1. The zero-order valence-electron chi connectivity index (χ0n) is 15.3. The molecule has 0 bridgehead atoms. The molecule has 1 aromatic heterocycles. The zero-order valence-corrected chi connectivity index (χ0v) is 17.7. The van der Waals surface area contributed by atoms with Crippen LogP contribution in [0.1, 0.15) is 11.1 Å². The van der Waals surface area contributed by atoms with Crippen LogP contribution in [-0.2, 0) is 10.0 Å². The molecule has 5 nitrogen and oxygen atoms in total. The van der Waals surface area contributed by atoms with E-state index >= 15 is 0 Å². The lowest BCUT2D eigenvalue weighted by Crippen LogP contribution is -2.11. The van der Waals surface area contributed by atoms with Crippen molar-refractivity contribution in [2.24, 2.45) is 0 Å². The van der Waals surface area contributed by atoms with Gasteiger partial charge >= 0.3 is 0 Å². The van der Waals surface area contributed by atoms with Gasteiger partial charge in [0.25, 0.3) is 10.0 Å². The Bertz CT molecular complexity index is 1370. The molecule has 4 aromatic rings. The number of aryl methyl sites for hydroxylation is 1. The Morgan fingerprint density at radius 2 is 1.79 bits per heavy atom. The molecule has 0 unspecified atom stereocenters. The van der Waals surface area contributed by atoms with Crippen molar-refractivity contribution in [3.05, 3.63) is 88.5 Å². The van der Waals surface area contributed by atoms with E-state index in [1.807, 2.05) is 6.92 Å². The van der Waals surface area contributed by atoms with Crippen LogP contribution in [0.4, 0.5) is 0 Å². The van der Waals surface area contributed by atoms with E-state index < -0.39 is 10.0 Å². The number of hydrogen-bond acceptors (Lipinski definition) is 4. The third kappa shape index (κ3) is 3.53. The van der Waals surface area contributed by atoms with Crippen molar-refractivity contribution >= 4 is 36.9 Å². The first-order valence-corrected chi connectivity index (χ1v) is 10.9. The van der Waals surface area contributed by atoms with Gasteiger partial charge in [-0.05, 0) is 71.4 Å². The van der Waals surface area contributed by atoms with Crippen LogP contribution in [-0.4, -0.2) is 12.4 Å². The van der Waals surface area contributed by atoms with Crippen LogP contribution < -0.4 is 4.74 Å². The number of benzene rings is 3. The van der Waals surface area contributed by atoms with Crippen LogP contribution in [0.25, 0.3) is 10.9 Å². The van der Waals surface area contributed by atoms with Crippen molar-refractivity contribution in [3.8, 4) is 17.6 Å². The lowest BCUT2D eigenvalue weighted by Gasteiger charge is -2.11. The average molecular weight is 467 g/mol. The molecule has 0 N–H and O–H groups in total. The van der Waals surface area contributed by atoms with Gasteiger partial charge in [-0.1, -0.05) is 23.8 Å². The van der Waals surface area contributed by atoms with Gasteiger partial charge < -0.3 is 4.74 Å². The molecule has 3 aromatic carbocycles. The first kappa shape index (κ1) is 19.2. The highest BCUT2D eigenvalue weighted by Crippen LogP contribution is 2.37. The summed E-state index contributed by atoms with van der Waals surface area (Å²) in [6, 6.07) is 20.8. The van der Waals surface area contributed by atoms with Gasteiger partial charge in [-0.2, -0.15) is 5.26 Å². The van der Waals surface area contributed by atoms with E-state index in [4.69, 9.17) is 10.00 Å². The van der Waals surface area contributed by atoms with Crippen molar-refractivity contribution < 1.29 is 13.2 Å². The monoisotopic (exact) mass is 466 g/mol. The minimum absolute atomic E-state index is 0.227. The maximum Gasteiger partial charge on any atom is 0.268 e. The minimum atomic E-state index is -3.72. The van der Waals surface area contributed by atoms with Crippen LogP contribution in [0.3, 0.4) is 0 Å². The molecule has 0 aliphatic rings. The van der Waals surface area contributed by atoms with E-state index in [9.17, 15) is 8.42 Å². The molecule has 29 heavy (non-hydrogen) atoms. The van der Waals surface area contributed by atoms with Gasteiger partial charge in [0, 0.05) is 11.6 Å². The van der Waals surface area contributed by atoms with E-state index in [1.165, 1.54) is 10.2 Å². The summed E-state index contributed by atoms with van der Waals surface area (Å²) in [6.07, 6.45) is 1.53. The van der Waals surface area contributed by atoms with Crippen molar-refractivity contribution in [1.29, 1.82) is 5.26 Å². The van der Waals surface area contributed by atoms with Crippen molar-refractivity contribution in [2.45, 2.75) is 11.8 Å². The van der Waals surface area contributed by atoms with Gasteiger partial charge in [-0.3, -0.25) is 0 Å². The van der Waals surface area contributed by atoms with Crippen LogP contribution in [0.5, 0.6) is 11.5 Å². The normalized spacial score (nSPS) is 11.3. The highest BCUT2D eigenvalue weighted by molar-refractivity contribution is 9.10. The van der Waals surface area contributed by atoms with Gasteiger partial charge in [-0.15, -0.1) is 0 Å². The number of nitriles is 1. The highest BCUT2D eigenvalue weighted by atomic mass is 79.9. The van der Waals surface area contributed by atoms with Crippen molar-refractivity contribution in [2.75, 3.05) is 0 Å². The van der Waals surface area contributed by atoms with Crippen LogP contribution >= 0.6 is 15.9 Å². The Morgan fingerprint density at radius 1 is 1.03 bits per heavy atom. The van der Waals surface area contributed by atoms with E-state index in [2.05, 4.69) is 22.0 Å². The van der Waals surface area contributed by atoms with Gasteiger partial charge in [0.2, 0.25) is 0 Å². The smallest absolute Gasteiger partial charge is 0.268 e. The fourth-order valence-corrected chi connectivity index (χ4v) is 4.90. The SMILES string of the molecule is Cc1ccc(S(=O)(=O)n2ccc3c(Br)c(Oc4cccc(C#N)c4)ccc32)cc1. The molecule has 0 radical (unpaired) electrons. The minimum Gasteiger partial charge on any atom is -0.456 e. The topological polar surface area (TPSA) is 72.1 Å². The predicted molar refractivity (Wildman–Crippen MR) is 115 cm³/mol. The lowest BCUT2D eigenvalue weighted by atomic mass is 10.2. The average Bonchev–Trinajstić information content (AvgIpc) is 3.16. The number of aromatic nitrogens is 1. The third-order valence-corrected chi connectivity index (χ3v) is 7.03. The number of rotatable bonds is 4. The molecule has 0 saturated carbocycles. The second kappa shape index (κ2) is 7.39. The second-order valence-corrected chi connectivity index (χ2v) is 9.09. The Morgan fingerprint density at radius 3 is 2.52 bits per heavy atom. The van der Waals surface area contributed by atoms with Gasteiger partial charge in [-0.25, -0.2) is 12.4 Å². The highest BCUT2D eigenvalue weighted by Gasteiger charge is 2.20. The maximum absolute atomic E-state index is 13.1. The first-order valence-electron chi connectivity index (χ1n) is 8.70. The van der Waals surface area contributed by atoms with Crippen LogP contribution in [0.15, 0.2) is 82.3 Å². The predicted octanol–water partition coefficient (Wildman–Crippen LogP) is 5.61. The number of nitrogens with zero attached hydrogens (tertiary/aromatic N) is 2. The molecule has 0 saturated heterocycles. The Hall–Kier alpha value is -3.08. The fourth-order valence-electron chi connectivity index (χ4n) is 3.00. The Balaban J connectivity index is 1.76. The molecule has 4 rings (SSSR count). The molecule has 0 spiro atoms. The third-order valence-electron chi connectivity index (χ3n) is 4.50. The van der Waals surface area contributed by atoms with Crippen LogP contribution in [0, 0.1) is 18.3 Å². The summed E-state index contributed by atoms with van der Waals surface area (Å²) in [5.41, 5.74) is 2.02. The largest absolute Gasteiger partial charge is 0.456 e.